The van der Waals surface area contributed by atoms with Crippen molar-refractivity contribution in [3.63, 3.8) is 0 Å². The van der Waals surface area contributed by atoms with Crippen LogP contribution in [-0.2, 0) is 16.2 Å². The first-order valence-corrected chi connectivity index (χ1v) is 12.1. The molecule has 4 rings (SSSR count). The number of anilines is 1. The summed E-state index contributed by atoms with van der Waals surface area (Å²) in [6, 6.07) is 21.4. The summed E-state index contributed by atoms with van der Waals surface area (Å²) in [7, 11) is -3.65. The van der Waals surface area contributed by atoms with Gasteiger partial charge in [0.15, 0.2) is 0 Å². The molecule has 0 aliphatic rings. The first kappa shape index (κ1) is 23.7. The van der Waals surface area contributed by atoms with Gasteiger partial charge in [-0.25, -0.2) is 13.1 Å². The van der Waals surface area contributed by atoms with E-state index in [0.717, 1.165) is 23.3 Å². The van der Waals surface area contributed by atoms with Gasteiger partial charge in [0, 0.05) is 30.4 Å². The first-order valence-electron chi connectivity index (χ1n) is 10.6. The Morgan fingerprint density at radius 1 is 0.824 bits per heavy atom. The lowest BCUT2D eigenvalue weighted by atomic mass is 10.1. The molecule has 0 spiro atoms. The molecule has 0 aliphatic heterocycles. The number of benzene rings is 3. The molecular weight excluding hydrogens is 463 g/mol. The molecule has 0 saturated carbocycles. The highest BCUT2D eigenvalue weighted by Gasteiger charge is 2.30. The molecule has 0 radical (unpaired) electrons. The van der Waals surface area contributed by atoms with Crippen molar-refractivity contribution in [2.45, 2.75) is 17.5 Å². The van der Waals surface area contributed by atoms with Crippen LogP contribution in [0.25, 0.3) is 22.0 Å². The minimum absolute atomic E-state index is 0.181. The predicted octanol–water partition coefficient (Wildman–Crippen LogP) is 5.70. The Morgan fingerprint density at radius 2 is 1.53 bits per heavy atom. The van der Waals surface area contributed by atoms with Crippen LogP contribution in [0.4, 0.5) is 18.9 Å². The fourth-order valence-electron chi connectivity index (χ4n) is 3.54. The Kier molecular flexibility index (Phi) is 6.85. The molecule has 0 atom stereocenters. The van der Waals surface area contributed by atoms with Crippen LogP contribution < -0.4 is 10.0 Å². The van der Waals surface area contributed by atoms with Crippen molar-refractivity contribution in [2.75, 3.05) is 18.4 Å². The molecule has 4 aromatic rings. The van der Waals surface area contributed by atoms with E-state index in [9.17, 15) is 21.6 Å². The number of halogens is 3. The minimum Gasteiger partial charge on any atom is -0.384 e. The van der Waals surface area contributed by atoms with E-state index < -0.39 is 21.8 Å². The number of alkyl halides is 3. The van der Waals surface area contributed by atoms with E-state index in [1.807, 2.05) is 30.3 Å². The number of pyridine rings is 1. The summed E-state index contributed by atoms with van der Waals surface area (Å²) in [6.07, 6.45) is -2.52. The topological polar surface area (TPSA) is 71.1 Å². The molecule has 0 amide bonds. The number of rotatable bonds is 8. The van der Waals surface area contributed by atoms with Crippen LogP contribution in [0.1, 0.15) is 12.0 Å². The maximum atomic E-state index is 12.9. The number of hydrogen-bond acceptors (Lipinski definition) is 4. The summed E-state index contributed by atoms with van der Waals surface area (Å²) >= 11 is 0. The highest BCUT2D eigenvalue weighted by molar-refractivity contribution is 7.89. The van der Waals surface area contributed by atoms with E-state index in [0.29, 0.717) is 24.0 Å². The minimum atomic E-state index is -4.43. The van der Waals surface area contributed by atoms with Gasteiger partial charge in [-0.05, 0) is 47.9 Å². The third kappa shape index (κ3) is 5.55. The van der Waals surface area contributed by atoms with Crippen LogP contribution in [0, 0.1) is 0 Å². The molecule has 1 heterocycles. The second-order valence-corrected chi connectivity index (χ2v) is 9.42. The van der Waals surface area contributed by atoms with Crippen molar-refractivity contribution in [2.24, 2.45) is 0 Å². The molecule has 1 aromatic heterocycles. The Bertz CT molecular complexity index is 1370. The molecule has 176 valence electrons. The van der Waals surface area contributed by atoms with Gasteiger partial charge in [0.05, 0.1) is 16.0 Å². The predicted molar refractivity (Wildman–Crippen MR) is 127 cm³/mol. The Morgan fingerprint density at radius 3 is 2.24 bits per heavy atom. The molecule has 3 aromatic carbocycles. The molecule has 34 heavy (non-hydrogen) atoms. The van der Waals surface area contributed by atoms with E-state index in [1.165, 1.54) is 12.3 Å². The lowest BCUT2D eigenvalue weighted by Crippen LogP contribution is -2.26. The molecule has 0 fully saturated rings. The molecule has 2 N–H and O–H groups in total. The molecule has 0 aliphatic carbocycles. The average molecular weight is 486 g/mol. The van der Waals surface area contributed by atoms with Crippen molar-refractivity contribution in [1.82, 2.24) is 9.71 Å². The highest BCUT2D eigenvalue weighted by atomic mass is 32.2. The number of aromatic nitrogens is 1. The van der Waals surface area contributed by atoms with Crippen molar-refractivity contribution in [3.05, 3.63) is 90.6 Å². The van der Waals surface area contributed by atoms with E-state index in [2.05, 4.69) is 15.0 Å². The van der Waals surface area contributed by atoms with Crippen LogP contribution in [0.2, 0.25) is 0 Å². The summed E-state index contributed by atoms with van der Waals surface area (Å²) in [4.78, 5) is 4.20. The van der Waals surface area contributed by atoms with Crippen LogP contribution in [0.3, 0.4) is 0 Å². The van der Waals surface area contributed by atoms with Crippen LogP contribution in [-0.4, -0.2) is 26.5 Å². The van der Waals surface area contributed by atoms with Crippen molar-refractivity contribution >= 4 is 26.6 Å². The smallest absolute Gasteiger partial charge is 0.384 e. The summed E-state index contributed by atoms with van der Waals surface area (Å²) in [5, 5.41) is 3.71. The maximum absolute atomic E-state index is 12.9. The zero-order valence-electron chi connectivity index (χ0n) is 18.0. The van der Waals surface area contributed by atoms with E-state index in [-0.39, 0.29) is 17.0 Å². The Hall–Kier alpha value is -3.43. The van der Waals surface area contributed by atoms with Gasteiger partial charge >= 0.3 is 6.18 Å². The van der Waals surface area contributed by atoms with Crippen LogP contribution in [0.15, 0.2) is 90.0 Å². The van der Waals surface area contributed by atoms with Gasteiger partial charge in [0.1, 0.15) is 0 Å². The fourth-order valence-corrected chi connectivity index (χ4v) is 4.61. The number of nitrogens with zero attached hydrogens (tertiary/aromatic N) is 1. The van der Waals surface area contributed by atoms with Gasteiger partial charge in [0.2, 0.25) is 10.0 Å². The van der Waals surface area contributed by atoms with E-state index >= 15 is 0 Å². The standard InChI is InChI=1S/C25H22F3N3O2S/c26-25(27,28)20-9-12-22-23(13-16-30-24(22)17-20)29-14-4-15-31-34(32,33)21-10-7-19(8-11-21)18-5-2-1-3-6-18/h1-3,5-13,16-17,31H,4,14-15H2,(H,29,30). The zero-order chi connectivity index (χ0) is 24.2. The first-order chi connectivity index (χ1) is 16.2. The molecule has 0 unspecified atom stereocenters. The summed E-state index contributed by atoms with van der Waals surface area (Å²) in [5.74, 6) is 0. The SMILES string of the molecule is O=S(=O)(NCCCNc1ccnc2cc(C(F)(F)F)ccc12)c1ccc(-c2ccccc2)cc1. The average Bonchev–Trinajstić information content (AvgIpc) is 2.83. The fraction of sp³-hybridized carbons (Fsp3) is 0.160. The van der Waals surface area contributed by atoms with Crippen molar-refractivity contribution < 1.29 is 21.6 Å². The number of hydrogen-bond donors (Lipinski definition) is 2. The summed E-state index contributed by atoms with van der Waals surface area (Å²) in [5.41, 5.74) is 2.05. The van der Waals surface area contributed by atoms with Gasteiger partial charge in [-0.3, -0.25) is 4.98 Å². The zero-order valence-corrected chi connectivity index (χ0v) is 18.8. The summed E-state index contributed by atoms with van der Waals surface area (Å²) < 4.78 is 66.5. The molecular formula is C25H22F3N3O2S. The molecule has 0 saturated heterocycles. The summed E-state index contributed by atoms with van der Waals surface area (Å²) in [6.45, 7) is 0.632. The largest absolute Gasteiger partial charge is 0.416 e. The number of sulfonamides is 1. The Labute approximate surface area is 195 Å². The molecule has 0 bridgehead atoms. The lowest BCUT2D eigenvalue weighted by molar-refractivity contribution is -0.137. The van der Waals surface area contributed by atoms with E-state index in [4.69, 9.17) is 0 Å². The lowest BCUT2D eigenvalue weighted by Gasteiger charge is -2.12. The van der Waals surface area contributed by atoms with Gasteiger partial charge in [-0.15, -0.1) is 0 Å². The van der Waals surface area contributed by atoms with Crippen LogP contribution in [0.5, 0.6) is 0 Å². The van der Waals surface area contributed by atoms with E-state index in [1.54, 1.807) is 30.3 Å². The maximum Gasteiger partial charge on any atom is 0.416 e. The van der Waals surface area contributed by atoms with Gasteiger partial charge in [-0.1, -0.05) is 48.5 Å². The number of fused-ring (bicyclic) bond motifs is 1. The highest BCUT2D eigenvalue weighted by Crippen LogP contribution is 2.32. The van der Waals surface area contributed by atoms with Crippen molar-refractivity contribution in [3.8, 4) is 11.1 Å². The third-order valence-electron chi connectivity index (χ3n) is 5.30. The van der Waals surface area contributed by atoms with Crippen LogP contribution >= 0.6 is 0 Å². The second-order valence-electron chi connectivity index (χ2n) is 7.66. The van der Waals surface area contributed by atoms with Gasteiger partial charge in [0.25, 0.3) is 0 Å². The Balaban J connectivity index is 1.32. The second kappa shape index (κ2) is 9.82. The normalized spacial score (nSPS) is 12.1. The third-order valence-corrected chi connectivity index (χ3v) is 6.78. The van der Waals surface area contributed by atoms with Gasteiger partial charge < -0.3 is 5.32 Å². The quantitative estimate of drug-likeness (QED) is 0.314. The molecule has 5 nitrogen and oxygen atoms in total. The molecule has 9 heteroatoms. The monoisotopic (exact) mass is 485 g/mol. The van der Waals surface area contributed by atoms with Gasteiger partial charge in [-0.2, -0.15) is 13.2 Å². The van der Waals surface area contributed by atoms with Crippen molar-refractivity contribution in [1.29, 1.82) is 0 Å². The number of nitrogens with one attached hydrogen (secondary N) is 2.